The monoisotopic (exact) mass is 378 g/mol. The Morgan fingerprint density at radius 2 is 2.11 bits per heavy atom. The number of rotatable bonds is 2. The van der Waals surface area contributed by atoms with Gasteiger partial charge < -0.3 is 11.1 Å². The normalized spacial score (nSPS) is 23.7. The molecule has 1 saturated carbocycles. The number of amides is 1. The van der Waals surface area contributed by atoms with Gasteiger partial charge in [-0.15, -0.1) is 0 Å². The Hall–Kier alpha value is -0.330. The maximum atomic E-state index is 12.2. The van der Waals surface area contributed by atoms with Crippen molar-refractivity contribution in [2.45, 2.75) is 37.8 Å². The van der Waals surface area contributed by atoms with Crippen molar-refractivity contribution in [3.05, 3.63) is 32.4 Å². The number of hydrogen-bond acceptors (Lipinski definition) is 2. The van der Waals surface area contributed by atoms with Gasteiger partial charge in [-0.3, -0.25) is 4.79 Å². The summed E-state index contributed by atoms with van der Waals surface area (Å²) in [7, 11) is 0. The molecule has 1 aliphatic carbocycles. The Bertz CT molecular complexity index is 453. The van der Waals surface area contributed by atoms with Gasteiger partial charge in [0.2, 0.25) is 0 Å². The lowest BCUT2D eigenvalue weighted by Gasteiger charge is -2.29. The topological polar surface area (TPSA) is 55.1 Å². The molecule has 2 atom stereocenters. The summed E-state index contributed by atoms with van der Waals surface area (Å²) in [4.78, 5) is 12.2. The van der Waals surface area contributed by atoms with Crippen molar-refractivity contribution >= 4 is 40.1 Å². The van der Waals surface area contributed by atoms with Crippen LogP contribution in [-0.2, 0) is 0 Å². The van der Waals surface area contributed by atoms with Gasteiger partial charge in [0, 0.05) is 20.7 Å². The average Bonchev–Trinajstić information content (AvgIpc) is 2.35. The van der Waals surface area contributed by atoms with Gasteiger partial charge in [0.25, 0.3) is 5.91 Å². The van der Waals surface area contributed by atoms with Crippen molar-refractivity contribution < 1.29 is 4.79 Å². The summed E-state index contributed by atoms with van der Waals surface area (Å²) in [5.74, 6) is -0.0794. The Morgan fingerprint density at radius 1 is 1.39 bits per heavy atom. The van der Waals surface area contributed by atoms with E-state index < -0.39 is 0 Å². The zero-order valence-electron chi connectivity index (χ0n) is 9.96. The molecular weight excluding hydrogens is 363 g/mol. The molecule has 1 amide bonds. The molecule has 2 rings (SSSR count). The molecule has 1 aliphatic rings. The standard InChI is InChI=1S/C13H16ClIN2O/c14-8-5-6-10(15)9(7-8)13(18)17-12-4-2-1-3-11(12)16/h5-7,11-12H,1-4,16H2,(H,17,18). The van der Waals surface area contributed by atoms with Crippen LogP contribution in [0.15, 0.2) is 18.2 Å². The van der Waals surface area contributed by atoms with Crippen LogP contribution < -0.4 is 11.1 Å². The second-order valence-electron chi connectivity index (χ2n) is 4.65. The van der Waals surface area contributed by atoms with E-state index in [0.29, 0.717) is 10.6 Å². The highest BCUT2D eigenvalue weighted by atomic mass is 127. The SMILES string of the molecule is NC1CCCCC1NC(=O)c1cc(Cl)ccc1I. The van der Waals surface area contributed by atoms with E-state index in [-0.39, 0.29) is 18.0 Å². The highest BCUT2D eigenvalue weighted by Gasteiger charge is 2.24. The Balaban J connectivity index is 2.09. The van der Waals surface area contributed by atoms with Crippen LogP contribution in [0.4, 0.5) is 0 Å². The molecule has 0 heterocycles. The van der Waals surface area contributed by atoms with Gasteiger partial charge in [-0.05, 0) is 53.6 Å². The van der Waals surface area contributed by atoms with Crippen LogP contribution in [0.2, 0.25) is 5.02 Å². The van der Waals surface area contributed by atoms with E-state index in [2.05, 4.69) is 27.9 Å². The molecule has 0 aromatic heterocycles. The maximum Gasteiger partial charge on any atom is 0.252 e. The number of benzene rings is 1. The quantitative estimate of drug-likeness (QED) is 0.778. The fourth-order valence-corrected chi connectivity index (χ4v) is 3.01. The third-order valence-electron chi connectivity index (χ3n) is 3.31. The average molecular weight is 379 g/mol. The number of carbonyl (C=O) groups excluding carboxylic acids is 1. The second kappa shape index (κ2) is 6.21. The van der Waals surface area contributed by atoms with Crippen LogP contribution >= 0.6 is 34.2 Å². The highest BCUT2D eigenvalue weighted by molar-refractivity contribution is 14.1. The second-order valence-corrected chi connectivity index (χ2v) is 6.25. The van der Waals surface area contributed by atoms with Crippen molar-refractivity contribution in [1.82, 2.24) is 5.32 Å². The minimum Gasteiger partial charge on any atom is -0.348 e. The van der Waals surface area contributed by atoms with Crippen LogP contribution in [0.1, 0.15) is 36.0 Å². The van der Waals surface area contributed by atoms with Crippen molar-refractivity contribution in [3.8, 4) is 0 Å². The smallest absolute Gasteiger partial charge is 0.252 e. The molecule has 98 valence electrons. The minimum absolute atomic E-state index is 0.0690. The van der Waals surface area contributed by atoms with Gasteiger partial charge >= 0.3 is 0 Å². The van der Waals surface area contributed by atoms with Crippen molar-refractivity contribution in [2.24, 2.45) is 5.73 Å². The first-order chi connectivity index (χ1) is 8.58. The number of nitrogens with one attached hydrogen (secondary N) is 1. The highest BCUT2D eigenvalue weighted by Crippen LogP contribution is 2.20. The lowest BCUT2D eigenvalue weighted by molar-refractivity contribution is 0.0920. The summed E-state index contributed by atoms with van der Waals surface area (Å²) in [6, 6.07) is 5.48. The van der Waals surface area contributed by atoms with Crippen molar-refractivity contribution in [3.63, 3.8) is 0 Å². The third kappa shape index (κ3) is 3.36. The summed E-state index contributed by atoms with van der Waals surface area (Å²) >= 11 is 8.07. The lowest BCUT2D eigenvalue weighted by Crippen LogP contribution is -2.49. The van der Waals surface area contributed by atoms with Gasteiger partial charge in [0.05, 0.1) is 5.56 Å². The van der Waals surface area contributed by atoms with E-state index in [1.807, 2.05) is 6.07 Å². The predicted molar refractivity (Wildman–Crippen MR) is 81.9 cm³/mol. The van der Waals surface area contributed by atoms with Crippen molar-refractivity contribution in [1.29, 1.82) is 0 Å². The van der Waals surface area contributed by atoms with Gasteiger partial charge in [-0.1, -0.05) is 24.4 Å². The fourth-order valence-electron chi connectivity index (χ4n) is 2.26. The van der Waals surface area contributed by atoms with Gasteiger partial charge in [0.1, 0.15) is 0 Å². The first-order valence-electron chi connectivity index (χ1n) is 6.09. The van der Waals surface area contributed by atoms with Crippen LogP contribution in [-0.4, -0.2) is 18.0 Å². The molecule has 18 heavy (non-hydrogen) atoms. The number of halogens is 2. The summed E-state index contributed by atoms with van der Waals surface area (Å²) in [6.07, 6.45) is 4.23. The molecule has 0 saturated heterocycles. The number of carbonyl (C=O) groups is 1. The predicted octanol–water partition coefficient (Wildman–Crippen LogP) is 2.94. The summed E-state index contributed by atoms with van der Waals surface area (Å²) in [5.41, 5.74) is 6.66. The Morgan fingerprint density at radius 3 is 2.83 bits per heavy atom. The van der Waals surface area contributed by atoms with Gasteiger partial charge in [-0.2, -0.15) is 0 Å². The first-order valence-corrected chi connectivity index (χ1v) is 7.55. The number of hydrogen-bond donors (Lipinski definition) is 2. The fraction of sp³-hybridized carbons (Fsp3) is 0.462. The summed E-state index contributed by atoms with van der Waals surface area (Å²) < 4.78 is 0.902. The Labute approximate surface area is 126 Å². The molecule has 2 unspecified atom stereocenters. The molecule has 1 fully saturated rings. The van der Waals surface area contributed by atoms with Crippen LogP contribution in [0.25, 0.3) is 0 Å². The Kier molecular flexibility index (Phi) is 4.86. The lowest BCUT2D eigenvalue weighted by atomic mass is 9.91. The summed E-state index contributed by atoms with van der Waals surface area (Å²) in [6.45, 7) is 0. The van der Waals surface area contributed by atoms with E-state index in [0.717, 1.165) is 29.3 Å². The van der Waals surface area contributed by atoms with Gasteiger partial charge in [0.15, 0.2) is 0 Å². The molecule has 1 aromatic rings. The molecule has 1 aromatic carbocycles. The van der Waals surface area contributed by atoms with Crippen LogP contribution in [0.3, 0.4) is 0 Å². The number of nitrogens with two attached hydrogens (primary N) is 1. The van der Waals surface area contributed by atoms with E-state index in [1.165, 1.54) is 0 Å². The minimum atomic E-state index is -0.0794. The van der Waals surface area contributed by atoms with Crippen LogP contribution in [0.5, 0.6) is 0 Å². The largest absolute Gasteiger partial charge is 0.348 e. The molecular formula is C13H16ClIN2O. The van der Waals surface area contributed by atoms with Crippen LogP contribution in [0, 0.1) is 3.57 Å². The third-order valence-corrected chi connectivity index (χ3v) is 4.48. The zero-order valence-corrected chi connectivity index (χ0v) is 12.9. The van der Waals surface area contributed by atoms with Gasteiger partial charge in [-0.25, -0.2) is 0 Å². The molecule has 3 N–H and O–H groups in total. The molecule has 0 spiro atoms. The molecule has 3 nitrogen and oxygen atoms in total. The summed E-state index contributed by atoms with van der Waals surface area (Å²) in [5, 5.41) is 3.60. The van der Waals surface area contributed by atoms with E-state index in [1.54, 1.807) is 12.1 Å². The molecule has 0 radical (unpaired) electrons. The van der Waals surface area contributed by atoms with E-state index >= 15 is 0 Å². The zero-order chi connectivity index (χ0) is 13.1. The molecule has 0 aliphatic heterocycles. The first kappa shape index (κ1) is 14.1. The maximum absolute atomic E-state index is 12.2. The molecule has 5 heteroatoms. The van der Waals surface area contributed by atoms with E-state index in [4.69, 9.17) is 17.3 Å². The van der Waals surface area contributed by atoms with E-state index in [9.17, 15) is 4.79 Å². The van der Waals surface area contributed by atoms with Crippen molar-refractivity contribution in [2.75, 3.05) is 0 Å². The molecule has 0 bridgehead atoms.